The Kier molecular flexibility index (Phi) is 2.45. The second kappa shape index (κ2) is 3.61. The van der Waals surface area contributed by atoms with Crippen LogP contribution in [0.25, 0.3) is 10.9 Å². The lowest BCUT2D eigenvalue weighted by atomic mass is 10.1. The van der Waals surface area contributed by atoms with E-state index in [0.29, 0.717) is 5.56 Å². The first-order valence-corrected chi connectivity index (χ1v) is 5.16. The van der Waals surface area contributed by atoms with Crippen molar-refractivity contribution in [1.29, 1.82) is 0 Å². The van der Waals surface area contributed by atoms with Gasteiger partial charge in [-0.15, -0.1) is 0 Å². The minimum Gasteiger partial charge on any atom is -0.465 e. The Balaban J connectivity index is 2.72. The molecule has 4 heteroatoms. The summed E-state index contributed by atoms with van der Waals surface area (Å²) in [5.41, 5.74) is 1.41. The lowest BCUT2D eigenvalue weighted by Gasteiger charge is -2.02. The molecule has 1 aromatic heterocycles. The molecule has 0 aliphatic rings. The van der Waals surface area contributed by atoms with E-state index in [2.05, 4.69) is 27.6 Å². The molecule has 0 saturated carbocycles. The summed E-state index contributed by atoms with van der Waals surface area (Å²) in [6.07, 6.45) is 1.82. The van der Waals surface area contributed by atoms with Crippen molar-refractivity contribution in [3.05, 3.63) is 33.5 Å². The summed E-state index contributed by atoms with van der Waals surface area (Å²) in [5, 5.41) is 1.05. The van der Waals surface area contributed by atoms with E-state index in [1.54, 1.807) is 6.07 Å². The molecule has 0 aliphatic carbocycles. The zero-order chi connectivity index (χ0) is 10.1. The molecule has 1 N–H and O–H groups in total. The van der Waals surface area contributed by atoms with Gasteiger partial charge in [-0.05, 0) is 40.8 Å². The number of esters is 1. The molecule has 3 nitrogen and oxygen atoms in total. The number of fused-ring (bicyclic) bond motifs is 1. The maximum absolute atomic E-state index is 11.4. The Morgan fingerprint density at radius 3 is 2.93 bits per heavy atom. The monoisotopic (exact) mass is 301 g/mol. The van der Waals surface area contributed by atoms with Crippen LogP contribution in [-0.4, -0.2) is 18.1 Å². The molecule has 1 aromatic carbocycles. The average molecular weight is 301 g/mol. The van der Waals surface area contributed by atoms with Gasteiger partial charge in [0, 0.05) is 15.2 Å². The SMILES string of the molecule is COC(=O)c1ccc(I)c2cc[nH]c12. The van der Waals surface area contributed by atoms with Crippen LogP contribution >= 0.6 is 22.6 Å². The Morgan fingerprint density at radius 1 is 1.43 bits per heavy atom. The summed E-state index contributed by atoms with van der Waals surface area (Å²) < 4.78 is 5.81. The molecule has 0 amide bonds. The molecule has 1 heterocycles. The van der Waals surface area contributed by atoms with Gasteiger partial charge >= 0.3 is 5.97 Å². The summed E-state index contributed by atoms with van der Waals surface area (Å²) in [6, 6.07) is 5.62. The Bertz CT molecular complexity index is 490. The molecule has 0 atom stereocenters. The van der Waals surface area contributed by atoms with Gasteiger partial charge in [-0.2, -0.15) is 0 Å². The molecule has 0 spiro atoms. The highest BCUT2D eigenvalue weighted by Gasteiger charge is 2.12. The van der Waals surface area contributed by atoms with Crippen LogP contribution in [0.4, 0.5) is 0 Å². The van der Waals surface area contributed by atoms with Gasteiger partial charge in [-0.3, -0.25) is 0 Å². The van der Waals surface area contributed by atoms with Crippen LogP contribution in [0.1, 0.15) is 10.4 Å². The van der Waals surface area contributed by atoms with Gasteiger partial charge in [0.1, 0.15) is 0 Å². The van der Waals surface area contributed by atoms with Gasteiger partial charge in [0.05, 0.1) is 18.2 Å². The quantitative estimate of drug-likeness (QED) is 0.650. The number of H-pyrrole nitrogens is 1. The summed E-state index contributed by atoms with van der Waals surface area (Å²) in [6.45, 7) is 0. The van der Waals surface area contributed by atoms with E-state index in [9.17, 15) is 4.79 Å². The zero-order valence-electron chi connectivity index (χ0n) is 7.50. The summed E-state index contributed by atoms with van der Waals surface area (Å²) >= 11 is 2.23. The number of carbonyl (C=O) groups is 1. The van der Waals surface area contributed by atoms with E-state index >= 15 is 0 Å². The number of benzene rings is 1. The molecule has 0 radical (unpaired) electrons. The van der Waals surface area contributed by atoms with Crippen molar-refractivity contribution in [2.24, 2.45) is 0 Å². The highest BCUT2D eigenvalue weighted by molar-refractivity contribution is 14.1. The molecular formula is C10H8INO2. The zero-order valence-corrected chi connectivity index (χ0v) is 9.66. The summed E-state index contributed by atoms with van der Waals surface area (Å²) in [4.78, 5) is 14.4. The van der Waals surface area contributed by atoms with Crippen molar-refractivity contribution in [3.8, 4) is 0 Å². The van der Waals surface area contributed by atoms with Crippen LogP contribution in [0.2, 0.25) is 0 Å². The normalized spacial score (nSPS) is 10.4. The Labute approximate surface area is 94.6 Å². The van der Waals surface area contributed by atoms with E-state index in [1.807, 2.05) is 18.3 Å². The minimum absolute atomic E-state index is 0.311. The molecule has 2 aromatic rings. The van der Waals surface area contributed by atoms with Crippen LogP contribution < -0.4 is 0 Å². The summed E-state index contributed by atoms with van der Waals surface area (Å²) in [5.74, 6) is -0.311. The Morgan fingerprint density at radius 2 is 2.21 bits per heavy atom. The fraction of sp³-hybridized carbons (Fsp3) is 0.100. The van der Waals surface area contributed by atoms with Gasteiger partial charge in [-0.1, -0.05) is 0 Å². The van der Waals surface area contributed by atoms with Gasteiger partial charge in [0.15, 0.2) is 0 Å². The van der Waals surface area contributed by atoms with Crippen molar-refractivity contribution in [2.75, 3.05) is 7.11 Å². The predicted molar refractivity (Wildman–Crippen MR) is 62.4 cm³/mol. The second-order valence-electron chi connectivity index (χ2n) is 2.85. The average Bonchev–Trinajstić information content (AvgIpc) is 2.67. The van der Waals surface area contributed by atoms with E-state index < -0.39 is 0 Å². The molecule has 72 valence electrons. The van der Waals surface area contributed by atoms with Gasteiger partial charge in [-0.25, -0.2) is 4.79 Å². The fourth-order valence-corrected chi connectivity index (χ4v) is 2.03. The number of hydrogen-bond donors (Lipinski definition) is 1. The molecule has 0 bridgehead atoms. The number of nitrogens with one attached hydrogen (secondary N) is 1. The number of ether oxygens (including phenoxy) is 1. The second-order valence-corrected chi connectivity index (χ2v) is 4.02. The first-order valence-electron chi connectivity index (χ1n) is 4.08. The number of halogens is 1. The van der Waals surface area contributed by atoms with Crippen molar-refractivity contribution in [2.45, 2.75) is 0 Å². The van der Waals surface area contributed by atoms with Gasteiger partial charge < -0.3 is 9.72 Å². The van der Waals surface area contributed by atoms with Crippen molar-refractivity contribution in [1.82, 2.24) is 4.98 Å². The molecule has 0 fully saturated rings. The Hall–Kier alpha value is -1.04. The molecular weight excluding hydrogens is 293 g/mol. The standard InChI is InChI=1S/C10H8INO2/c1-14-10(13)7-2-3-8(11)6-4-5-12-9(6)7/h2-5,12H,1H3. The van der Waals surface area contributed by atoms with Crippen LogP contribution in [0.5, 0.6) is 0 Å². The van der Waals surface area contributed by atoms with Gasteiger partial charge in [0.25, 0.3) is 0 Å². The van der Waals surface area contributed by atoms with Gasteiger partial charge in [0.2, 0.25) is 0 Å². The van der Waals surface area contributed by atoms with Crippen molar-refractivity contribution < 1.29 is 9.53 Å². The topological polar surface area (TPSA) is 42.1 Å². The van der Waals surface area contributed by atoms with Crippen LogP contribution in [0.15, 0.2) is 24.4 Å². The molecule has 14 heavy (non-hydrogen) atoms. The number of rotatable bonds is 1. The van der Waals surface area contributed by atoms with Crippen LogP contribution in [0, 0.1) is 3.57 Å². The third kappa shape index (κ3) is 1.39. The molecule has 2 rings (SSSR count). The smallest absolute Gasteiger partial charge is 0.339 e. The lowest BCUT2D eigenvalue weighted by Crippen LogP contribution is -2.02. The first-order chi connectivity index (χ1) is 6.74. The number of carbonyl (C=O) groups excluding carboxylic acids is 1. The third-order valence-electron chi connectivity index (χ3n) is 2.08. The van der Waals surface area contributed by atoms with E-state index in [1.165, 1.54) is 7.11 Å². The maximum atomic E-state index is 11.4. The highest BCUT2D eigenvalue weighted by atomic mass is 127. The lowest BCUT2D eigenvalue weighted by molar-refractivity contribution is 0.0603. The largest absolute Gasteiger partial charge is 0.465 e. The molecule has 0 unspecified atom stereocenters. The first kappa shape index (κ1) is 9.51. The van der Waals surface area contributed by atoms with Crippen LogP contribution in [-0.2, 0) is 4.74 Å². The van der Waals surface area contributed by atoms with E-state index in [-0.39, 0.29) is 5.97 Å². The van der Waals surface area contributed by atoms with Crippen molar-refractivity contribution >= 4 is 39.5 Å². The minimum atomic E-state index is -0.311. The predicted octanol–water partition coefficient (Wildman–Crippen LogP) is 2.56. The molecule has 0 saturated heterocycles. The van der Waals surface area contributed by atoms with Crippen molar-refractivity contribution in [3.63, 3.8) is 0 Å². The number of aromatic nitrogens is 1. The fourth-order valence-electron chi connectivity index (χ4n) is 1.40. The maximum Gasteiger partial charge on any atom is 0.339 e. The number of aromatic amines is 1. The highest BCUT2D eigenvalue weighted by Crippen LogP contribution is 2.23. The van der Waals surface area contributed by atoms with Crippen LogP contribution in [0.3, 0.4) is 0 Å². The number of methoxy groups -OCH3 is 1. The summed E-state index contributed by atoms with van der Waals surface area (Å²) in [7, 11) is 1.38. The van der Waals surface area contributed by atoms with E-state index in [0.717, 1.165) is 14.5 Å². The molecule has 0 aliphatic heterocycles. The number of hydrogen-bond acceptors (Lipinski definition) is 2. The van der Waals surface area contributed by atoms with E-state index in [4.69, 9.17) is 4.74 Å². The third-order valence-corrected chi connectivity index (χ3v) is 3.02.